The van der Waals surface area contributed by atoms with E-state index in [1.807, 2.05) is 16.6 Å². The molecule has 1 fully saturated rings. The molecule has 2 rings (SSSR count). The van der Waals surface area contributed by atoms with Gasteiger partial charge in [-0.1, -0.05) is 53.2 Å². The van der Waals surface area contributed by atoms with E-state index < -0.39 is 61.0 Å². The molecule has 0 saturated carbocycles. The number of carboxylic acid groups (broad SMARTS) is 4. The minimum absolute atomic E-state index is 0. The van der Waals surface area contributed by atoms with Crippen molar-refractivity contribution in [3.05, 3.63) is 27.9 Å². The molecule has 0 aliphatic carbocycles. The summed E-state index contributed by atoms with van der Waals surface area (Å²) in [4.78, 5) is 65.2. The molecule has 1 aliphatic rings. The molecule has 0 aromatic carbocycles. The molecule has 337 valence electrons. The van der Waals surface area contributed by atoms with Gasteiger partial charge in [0.15, 0.2) is 6.61 Å². The molecule has 26 heteroatoms. The molecule has 1 aliphatic heterocycles. The van der Waals surface area contributed by atoms with Crippen LogP contribution in [0.2, 0.25) is 0 Å². The summed E-state index contributed by atoms with van der Waals surface area (Å²) in [6, 6.07) is -3.09. The summed E-state index contributed by atoms with van der Waals surface area (Å²) in [6.07, 6.45) is 14.6. The number of aromatic nitrogens is 3. The fourth-order valence-electron chi connectivity index (χ4n) is 3.47. The average molecular weight is 1230 g/mol. The molecular weight excluding hydrogens is 1170 g/mol. The van der Waals surface area contributed by atoms with Crippen molar-refractivity contribution in [1.82, 2.24) is 26.0 Å². The Bertz CT molecular complexity index is 1240. The van der Waals surface area contributed by atoms with E-state index in [4.69, 9.17) is 42.6 Å². The van der Waals surface area contributed by atoms with Gasteiger partial charge in [0.1, 0.15) is 18.7 Å². The first-order valence-electron chi connectivity index (χ1n) is 17.0. The molecule has 0 unspecified atom stereocenters. The summed E-state index contributed by atoms with van der Waals surface area (Å²) < 4.78 is 13.9. The van der Waals surface area contributed by atoms with Crippen molar-refractivity contribution >= 4 is 60.3 Å². The summed E-state index contributed by atoms with van der Waals surface area (Å²) in [5.41, 5.74) is 13.8. The van der Waals surface area contributed by atoms with Crippen LogP contribution in [-0.4, -0.2) is 149 Å². The maximum atomic E-state index is 11.2. The number of carbonyl (C=O) groups excluding carboxylic acids is 2. The van der Waals surface area contributed by atoms with Crippen LogP contribution in [0.4, 0.5) is 9.59 Å². The summed E-state index contributed by atoms with van der Waals surface area (Å²) in [5, 5.41) is 46.7. The van der Waals surface area contributed by atoms with Gasteiger partial charge in [0.2, 0.25) is 0 Å². The standard InChI is InChI=1S/C8H9N4O6.C8H9NO6.2C6H15P.C4H8O.2Au.B.N3/c13-6(14)1-5(7(15)16)10-8(17)18-3-4-2-9-12-11-4;1-2-3-15-8(14)9-5(7(12)13)4-6(10)11;2*1-4-7(5-2)6-3;1-2-4-5-3-1;;;;1-3-2/h5H,1,3H2,(H,10,17)(H,13,14)(H,15,16)(H,9,11,12);1,5H,3-4H2,(H,9,14)(H,10,11)(H,12,13);2*4-6H2,1-3H3;1-4H2;;;;/q-1;;;;;2*+1;;-1/t2*5-;;;;;;;/m11......./s1. The van der Waals surface area contributed by atoms with Gasteiger partial charge in [0.05, 0.1) is 12.8 Å². The van der Waals surface area contributed by atoms with Crippen molar-refractivity contribution in [1.29, 1.82) is 0 Å². The molecule has 1 saturated heterocycles. The second kappa shape index (κ2) is 49.9. The number of H-pyrrole nitrogens is 1. The summed E-state index contributed by atoms with van der Waals surface area (Å²) >= 11 is 0. The third-order valence-electron chi connectivity index (χ3n) is 6.50. The zero-order valence-corrected chi connectivity index (χ0v) is 39.5. The van der Waals surface area contributed by atoms with Crippen LogP contribution < -0.4 is 10.6 Å². The Kier molecular flexibility index (Phi) is 59.8. The maximum absolute atomic E-state index is 11.2. The molecular formula is C32H56Au2BN8O13P2. The minimum atomic E-state index is -1.56. The van der Waals surface area contributed by atoms with E-state index in [2.05, 4.69) is 72.6 Å². The van der Waals surface area contributed by atoms with Crippen LogP contribution in [0.25, 0.3) is 16.0 Å². The zero-order chi connectivity index (χ0) is 43.0. The number of aliphatic carboxylic acids is 4. The van der Waals surface area contributed by atoms with E-state index >= 15 is 0 Å². The molecule has 2 amide bonds. The number of carbonyl (C=O) groups is 6. The van der Waals surface area contributed by atoms with Gasteiger partial charge in [-0.3, -0.25) is 19.6 Å². The Hall–Kier alpha value is -3.20. The van der Waals surface area contributed by atoms with E-state index in [0.29, 0.717) is 15.8 Å². The van der Waals surface area contributed by atoms with Crippen molar-refractivity contribution in [3.63, 3.8) is 0 Å². The molecule has 21 nitrogen and oxygen atoms in total. The van der Waals surface area contributed by atoms with Crippen LogP contribution >= 0.6 is 15.8 Å². The van der Waals surface area contributed by atoms with Crippen molar-refractivity contribution in [2.75, 3.05) is 56.8 Å². The predicted molar refractivity (Wildman–Crippen MR) is 212 cm³/mol. The van der Waals surface area contributed by atoms with Crippen LogP contribution in [0.1, 0.15) is 72.9 Å². The second-order valence-electron chi connectivity index (χ2n) is 10.2. The van der Waals surface area contributed by atoms with Crippen molar-refractivity contribution in [2.45, 2.75) is 85.9 Å². The van der Waals surface area contributed by atoms with E-state index in [1.165, 1.54) is 54.7 Å². The Morgan fingerprint density at radius 2 is 1.17 bits per heavy atom. The first-order valence-corrected chi connectivity index (χ1v) is 20.8. The van der Waals surface area contributed by atoms with E-state index in [-0.39, 0.29) is 72.1 Å². The van der Waals surface area contributed by atoms with Gasteiger partial charge in [0, 0.05) is 21.6 Å². The Labute approximate surface area is 375 Å². The molecule has 0 bridgehead atoms. The largest absolute Gasteiger partial charge is 1.00 e. The molecule has 2 heterocycles. The SMILES string of the molecule is C#CCOC(=O)N[C@H](CC(=O)O)C(=O)O.C1CCOC1.CCP(CC)CC.CCP(CC)CC.O=C(O)C[C@@H](NC(=O)OCc1[c-]nn[nH]1)C(=O)O.[Au+].[Au+].[B].[N-]=[N+]=[N-]. The number of ether oxygens (including phenoxy) is 3. The van der Waals surface area contributed by atoms with Gasteiger partial charge in [0.25, 0.3) is 0 Å². The topological polar surface area (TPSA) is 335 Å². The number of aromatic amines is 1. The zero-order valence-electron chi connectivity index (χ0n) is 33.4. The number of carboxylic acids is 4. The third kappa shape index (κ3) is 48.9. The number of alkyl carbamates (subject to hydrolysis) is 2. The van der Waals surface area contributed by atoms with Crippen LogP contribution in [0.15, 0.2) is 0 Å². The number of hydrogen-bond acceptors (Lipinski definition) is 11. The molecule has 7 N–H and O–H groups in total. The van der Waals surface area contributed by atoms with Gasteiger partial charge in [-0.2, -0.15) is 0 Å². The first kappa shape index (κ1) is 69.4. The Balaban J connectivity index is -0.000000116. The summed E-state index contributed by atoms with van der Waals surface area (Å²) in [6.45, 7) is 15.2. The molecule has 1 aromatic heterocycles. The van der Waals surface area contributed by atoms with Crippen LogP contribution in [0, 0.1) is 18.5 Å². The second-order valence-corrected chi connectivity index (χ2v) is 16.7. The number of rotatable bonds is 17. The van der Waals surface area contributed by atoms with Gasteiger partial charge in [-0.05, 0) is 49.8 Å². The number of nitrogens with zero attached hydrogens (tertiary/aromatic N) is 5. The van der Waals surface area contributed by atoms with Gasteiger partial charge in [-0.25, -0.2) is 19.2 Å². The van der Waals surface area contributed by atoms with E-state index in [9.17, 15) is 28.8 Å². The quantitative estimate of drug-likeness (QED) is 0.0217. The van der Waals surface area contributed by atoms with Crippen molar-refractivity contribution in [2.24, 2.45) is 0 Å². The number of terminal acetylenes is 1. The minimum Gasteiger partial charge on any atom is -0.481 e. The van der Waals surface area contributed by atoms with E-state index in [0.717, 1.165) is 13.2 Å². The van der Waals surface area contributed by atoms with E-state index in [1.54, 1.807) is 0 Å². The van der Waals surface area contributed by atoms with Crippen molar-refractivity contribution in [3.8, 4) is 12.3 Å². The number of hydrogen-bond donors (Lipinski definition) is 7. The summed E-state index contributed by atoms with van der Waals surface area (Å²) in [7, 11) is 0.892. The number of nitrogens with one attached hydrogen (secondary N) is 3. The molecule has 1 aromatic rings. The summed E-state index contributed by atoms with van der Waals surface area (Å²) in [5.74, 6) is -3.64. The number of amides is 2. The smallest absolute Gasteiger partial charge is 0.481 e. The third-order valence-corrected chi connectivity index (χ3v) is 11.9. The predicted octanol–water partition coefficient (Wildman–Crippen LogP) is 4.37. The van der Waals surface area contributed by atoms with Gasteiger partial charge in [-0.15, -0.1) is 27.5 Å². The molecule has 0 spiro atoms. The maximum Gasteiger partial charge on any atom is 1.00 e. The average Bonchev–Trinajstić information content (AvgIpc) is 3.90. The molecule has 2 atom stereocenters. The fraction of sp³-hybridized carbons (Fsp3) is 0.688. The Morgan fingerprint density at radius 1 is 0.810 bits per heavy atom. The molecule has 58 heavy (non-hydrogen) atoms. The fourth-order valence-corrected chi connectivity index (χ4v) is 6.16. The molecule has 3 radical (unpaired) electrons. The first-order chi connectivity index (χ1) is 26.1. The van der Waals surface area contributed by atoms with Crippen LogP contribution in [0.3, 0.4) is 0 Å². The van der Waals surface area contributed by atoms with Gasteiger partial charge < -0.3 is 67.6 Å². The van der Waals surface area contributed by atoms with Crippen LogP contribution in [-0.2, 0) is 84.8 Å². The monoisotopic (exact) mass is 1230 g/mol. The van der Waals surface area contributed by atoms with Gasteiger partial charge >= 0.3 is 80.8 Å². The normalized spacial score (nSPS) is 11.1. The van der Waals surface area contributed by atoms with Crippen molar-refractivity contribution < 1.29 is 108 Å². The van der Waals surface area contributed by atoms with Crippen LogP contribution in [0.5, 0.6) is 0 Å². The Morgan fingerprint density at radius 3 is 1.40 bits per heavy atom.